The average molecular weight is 168 g/mol. The maximum Gasteiger partial charge on any atom is 0.0134 e. The lowest BCUT2D eigenvalue weighted by Gasteiger charge is -2.35. The molecule has 0 radical (unpaired) electrons. The lowest BCUT2D eigenvalue weighted by atomic mass is 9.99. The van der Waals surface area contributed by atoms with Gasteiger partial charge in [0.1, 0.15) is 0 Å². The third kappa shape index (κ3) is 2.61. The molecular formula is C10H20N2. The third-order valence-electron chi connectivity index (χ3n) is 2.76. The molecule has 0 aromatic heterocycles. The lowest BCUT2D eigenvalue weighted by molar-refractivity contribution is 0.170. The summed E-state index contributed by atoms with van der Waals surface area (Å²) in [6, 6.07) is 1.43. The van der Waals surface area contributed by atoms with Crippen molar-refractivity contribution in [1.82, 2.24) is 10.2 Å². The van der Waals surface area contributed by atoms with E-state index in [1.807, 2.05) is 6.08 Å². The van der Waals surface area contributed by atoms with E-state index in [9.17, 15) is 0 Å². The van der Waals surface area contributed by atoms with Crippen molar-refractivity contribution in [2.45, 2.75) is 31.8 Å². The summed E-state index contributed by atoms with van der Waals surface area (Å²) < 4.78 is 0. The molecule has 0 saturated carbocycles. The lowest BCUT2D eigenvalue weighted by Crippen LogP contribution is -2.45. The predicted octanol–water partition coefficient (Wildman–Crippen LogP) is 1.24. The van der Waals surface area contributed by atoms with Crippen LogP contribution in [0.5, 0.6) is 0 Å². The van der Waals surface area contributed by atoms with Gasteiger partial charge in [-0.2, -0.15) is 0 Å². The van der Waals surface area contributed by atoms with E-state index in [0.29, 0.717) is 6.04 Å². The maximum absolute atomic E-state index is 3.71. The van der Waals surface area contributed by atoms with Crippen molar-refractivity contribution >= 4 is 0 Å². The van der Waals surface area contributed by atoms with Crippen molar-refractivity contribution in [1.29, 1.82) is 0 Å². The van der Waals surface area contributed by atoms with Gasteiger partial charge in [-0.25, -0.2) is 0 Å². The Morgan fingerprint density at radius 2 is 2.42 bits per heavy atom. The molecule has 0 aromatic carbocycles. The predicted molar refractivity (Wildman–Crippen MR) is 53.3 cm³/mol. The number of nitrogens with zero attached hydrogens (tertiary/aromatic N) is 1. The van der Waals surface area contributed by atoms with Crippen LogP contribution < -0.4 is 5.32 Å². The quantitative estimate of drug-likeness (QED) is 0.638. The molecule has 1 rings (SSSR count). The van der Waals surface area contributed by atoms with Gasteiger partial charge in [0.25, 0.3) is 0 Å². The second kappa shape index (κ2) is 4.63. The van der Waals surface area contributed by atoms with Crippen LogP contribution in [0.25, 0.3) is 0 Å². The monoisotopic (exact) mass is 168 g/mol. The molecular weight excluding hydrogens is 148 g/mol. The third-order valence-corrected chi connectivity index (χ3v) is 2.76. The van der Waals surface area contributed by atoms with E-state index in [1.165, 1.54) is 19.4 Å². The summed E-state index contributed by atoms with van der Waals surface area (Å²) >= 11 is 0. The highest BCUT2D eigenvalue weighted by atomic mass is 15.1. The molecule has 1 fully saturated rings. The van der Waals surface area contributed by atoms with Gasteiger partial charge in [0.05, 0.1) is 0 Å². The summed E-state index contributed by atoms with van der Waals surface area (Å²) in [5, 5.41) is 3.48. The molecule has 2 unspecified atom stereocenters. The van der Waals surface area contributed by atoms with Gasteiger partial charge < -0.3 is 10.2 Å². The molecule has 1 aliphatic rings. The molecule has 0 spiro atoms. The first-order valence-electron chi connectivity index (χ1n) is 4.78. The van der Waals surface area contributed by atoms with Crippen LogP contribution in [0.3, 0.4) is 0 Å². The van der Waals surface area contributed by atoms with Crippen molar-refractivity contribution in [3.63, 3.8) is 0 Å². The first kappa shape index (κ1) is 9.75. The van der Waals surface area contributed by atoms with Crippen LogP contribution in [0.2, 0.25) is 0 Å². The molecule has 70 valence electrons. The normalized spacial score (nSPS) is 31.8. The zero-order valence-electron chi connectivity index (χ0n) is 8.21. The van der Waals surface area contributed by atoms with E-state index in [0.717, 1.165) is 12.6 Å². The van der Waals surface area contributed by atoms with Crippen molar-refractivity contribution in [2.24, 2.45) is 0 Å². The minimum Gasteiger partial charge on any atom is -0.310 e. The summed E-state index contributed by atoms with van der Waals surface area (Å²) in [7, 11) is 2.20. The highest BCUT2D eigenvalue weighted by Crippen LogP contribution is 2.14. The van der Waals surface area contributed by atoms with Gasteiger partial charge in [0.15, 0.2) is 0 Å². The Labute approximate surface area is 75.6 Å². The van der Waals surface area contributed by atoms with Gasteiger partial charge in [-0.15, -0.1) is 6.58 Å². The summed E-state index contributed by atoms with van der Waals surface area (Å²) in [5.74, 6) is 0. The maximum atomic E-state index is 3.71. The zero-order chi connectivity index (χ0) is 8.97. The van der Waals surface area contributed by atoms with E-state index < -0.39 is 0 Å². The minimum atomic E-state index is 0.703. The Bertz CT molecular complexity index is 145. The molecule has 2 heteroatoms. The first-order valence-corrected chi connectivity index (χ1v) is 4.78. The Balaban J connectivity index is 2.25. The molecule has 0 aromatic rings. The number of likely N-dealkylation sites (tertiary alicyclic amines) is 1. The smallest absolute Gasteiger partial charge is 0.0134 e. The molecule has 1 heterocycles. The highest BCUT2D eigenvalue weighted by Gasteiger charge is 2.21. The van der Waals surface area contributed by atoms with E-state index in [4.69, 9.17) is 0 Å². The van der Waals surface area contributed by atoms with Crippen molar-refractivity contribution < 1.29 is 0 Å². The van der Waals surface area contributed by atoms with Crippen LogP contribution >= 0.6 is 0 Å². The van der Waals surface area contributed by atoms with Crippen molar-refractivity contribution in [3.8, 4) is 0 Å². The summed E-state index contributed by atoms with van der Waals surface area (Å²) in [5.41, 5.74) is 0. The van der Waals surface area contributed by atoms with E-state index >= 15 is 0 Å². The fourth-order valence-electron chi connectivity index (χ4n) is 1.72. The van der Waals surface area contributed by atoms with E-state index in [-0.39, 0.29) is 0 Å². The number of piperidine rings is 1. The molecule has 0 bridgehead atoms. The Hall–Kier alpha value is -0.340. The number of hydrogen-bond donors (Lipinski definition) is 1. The van der Waals surface area contributed by atoms with Gasteiger partial charge in [-0.1, -0.05) is 6.08 Å². The Morgan fingerprint density at radius 1 is 1.67 bits per heavy atom. The molecule has 1 aliphatic heterocycles. The standard InChI is InChI=1S/C10H20N2/c1-4-6-11-10-5-7-12(3)9(2)8-10/h4,9-11H,1,5-8H2,2-3H3. The molecule has 2 atom stereocenters. The van der Waals surface area contributed by atoms with Gasteiger partial charge >= 0.3 is 0 Å². The van der Waals surface area contributed by atoms with Gasteiger partial charge in [-0.05, 0) is 33.4 Å². The van der Waals surface area contributed by atoms with Crippen molar-refractivity contribution in [2.75, 3.05) is 20.1 Å². The Morgan fingerprint density at radius 3 is 3.00 bits per heavy atom. The molecule has 2 nitrogen and oxygen atoms in total. The van der Waals surface area contributed by atoms with Crippen LogP contribution in [-0.2, 0) is 0 Å². The first-order chi connectivity index (χ1) is 5.74. The van der Waals surface area contributed by atoms with E-state index in [2.05, 4.69) is 30.8 Å². The number of hydrogen-bond acceptors (Lipinski definition) is 2. The molecule has 1 saturated heterocycles. The van der Waals surface area contributed by atoms with Crippen LogP contribution in [0.1, 0.15) is 19.8 Å². The largest absolute Gasteiger partial charge is 0.310 e. The topological polar surface area (TPSA) is 15.3 Å². The molecule has 0 amide bonds. The SMILES string of the molecule is C=CCNC1CCN(C)C(C)C1. The molecule has 0 aliphatic carbocycles. The van der Waals surface area contributed by atoms with Gasteiger partial charge in [-0.3, -0.25) is 0 Å². The summed E-state index contributed by atoms with van der Waals surface area (Å²) in [6.07, 6.45) is 4.47. The average Bonchev–Trinajstić information content (AvgIpc) is 2.07. The summed E-state index contributed by atoms with van der Waals surface area (Å²) in [4.78, 5) is 2.42. The summed E-state index contributed by atoms with van der Waals surface area (Å²) in [6.45, 7) is 8.16. The number of rotatable bonds is 3. The fraction of sp³-hybridized carbons (Fsp3) is 0.800. The molecule has 1 N–H and O–H groups in total. The van der Waals surface area contributed by atoms with Crippen LogP contribution in [0.15, 0.2) is 12.7 Å². The van der Waals surface area contributed by atoms with Gasteiger partial charge in [0.2, 0.25) is 0 Å². The second-order valence-corrected chi connectivity index (χ2v) is 3.75. The van der Waals surface area contributed by atoms with Crippen LogP contribution in [-0.4, -0.2) is 37.1 Å². The zero-order valence-corrected chi connectivity index (χ0v) is 8.21. The van der Waals surface area contributed by atoms with Gasteiger partial charge in [0, 0.05) is 18.6 Å². The second-order valence-electron chi connectivity index (χ2n) is 3.75. The number of nitrogens with one attached hydrogen (secondary N) is 1. The van der Waals surface area contributed by atoms with Crippen molar-refractivity contribution in [3.05, 3.63) is 12.7 Å². The van der Waals surface area contributed by atoms with E-state index in [1.54, 1.807) is 0 Å². The van der Waals surface area contributed by atoms with Crippen LogP contribution in [0.4, 0.5) is 0 Å². The fourth-order valence-corrected chi connectivity index (χ4v) is 1.72. The van der Waals surface area contributed by atoms with Crippen LogP contribution in [0, 0.1) is 0 Å². The minimum absolute atomic E-state index is 0.703. The molecule has 12 heavy (non-hydrogen) atoms. The Kier molecular flexibility index (Phi) is 3.76. The highest BCUT2D eigenvalue weighted by molar-refractivity contribution is 4.83.